The Hall–Kier alpha value is -2.71. The topological polar surface area (TPSA) is 72.3 Å². The number of amides is 1. The standard InChI is InChI=1S/C23H26ClN5O2S/c1-31-20-9-7-17(8-10-20)11-12-25-21(30)16-32-23-27-26-22(28-13-2-3-14-28)29(23)19-6-4-5-18(24)15-19/h4-10,15H,2-3,11-14,16H2,1H3,(H,25,30). The summed E-state index contributed by atoms with van der Waals surface area (Å²) in [5.74, 6) is 1.85. The Bertz CT molecular complexity index is 1050. The molecule has 9 heteroatoms. The zero-order valence-corrected chi connectivity index (χ0v) is 19.5. The molecule has 0 saturated carbocycles. The summed E-state index contributed by atoms with van der Waals surface area (Å²) in [6.07, 6.45) is 3.04. The van der Waals surface area contributed by atoms with Gasteiger partial charge in [-0.05, 0) is 55.2 Å². The van der Waals surface area contributed by atoms with Gasteiger partial charge in [-0.1, -0.05) is 41.6 Å². The van der Waals surface area contributed by atoms with E-state index >= 15 is 0 Å². The Kier molecular flexibility index (Phi) is 7.55. The smallest absolute Gasteiger partial charge is 0.232 e. The predicted octanol–water partition coefficient (Wildman–Crippen LogP) is 3.98. The summed E-state index contributed by atoms with van der Waals surface area (Å²) in [6.45, 7) is 2.48. The molecule has 2 aromatic carbocycles. The SMILES string of the molecule is COc1ccc(CCNC(=O)CSc2nnc(N3CCCC3)n2-c2cccc(Cl)c2)cc1. The van der Waals surface area contributed by atoms with E-state index in [0.717, 1.165) is 55.3 Å². The summed E-state index contributed by atoms with van der Waals surface area (Å²) >= 11 is 7.61. The number of nitrogens with one attached hydrogen (secondary N) is 1. The Balaban J connectivity index is 1.38. The van der Waals surface area contributed by atoms with Crippen LogP contribution < -0.4 is 15.0 Å². The van der Waals surface area contributed by atoms with Crippen molar-refractivity contribution in [2.45, 2.75) is 24.4 Å². The van der Waals surface area contributed by atoms with Crippen LogP contribution in [0.1, 0.15) is 18.4 Å². The largest absolute Gasteiger partial charge is 0.497 e. The average Bonchev–Trinajstić information content (AvgIpc) is 3.48. The van der Waals surface area contributed by atoms with Crippen LogP contribution in [0.2, 0.25) is 5.02 Å². The molecule has 1 aromatic heterocycles. The van der Waals surface area contributed by atoms with Crippen LogP contribution in [0.15, 0.2) is 53.7 Å². The van der Waals surface area contributed by atoms with Crippen LogP contribution in [0.5, 0.6) is 5.75 Å². The Morgan fingerprint density at radius 1 is 1.16 bits per heavy atom. The van der Waals surface area contributed by atoms with Gasteiger partial charge >= 0.3 is 0 Å². The number of benzene rings is 2. The fraction of sp³-hybridized carbons (Fsp3) is 0.348. The van der Waals surface area contributed by atoms with Crippen LogP contribution >= 0.6 is 23.4 Å². The van der Waals surface area contributed by atoms with Crippen LogP contribution in [-0.2, 0) is 11.2 Å². The number of aromatic nitrogens is 3. The van der Waals surface area contributed by atoms with Gasteiger partial charge in [0.2, 0.25) is 11.9 Å². The molecule has 1 amide bonds. The summed E-state index contributed by atoms with van der Waals surface area (Å²) in [6, 6.07) is 15.5. The van der Waals surface area contributed by atoms with E-state index in [-0.39, 0.29) is 11.7 Å². The molecule has 1 fully saturated rings. The monoisotopic (exact) mass is 471 g/mol. The number of thioether (sulfide) groups is 1. The minimum atomic E-state index is -0.0353. The number of carbonyl (C=O) groups excluding carboxylic acids is 1. The summed E-state index contributed by atoms with van der Waals surface area (Å²) < 4.78 is 7.16. The highest BCUT2D eigenvalue weighted by molar-refractivity contribution is 7.99. The van der Waals surface area contributed by atoms with E-state index in [2.05, 4.69) is 20.4 Å². The molecule has 2 heterocycles. The van der Waals surface area contributed by atoms with Crippen LogP contribution in [0.3, 0.4) is 0 Å². The quantitative estimate of drug-likeness (QED) is 0.476. The van der Waals surface area contributed by atoms with Gasteiger partial charge in [-0.25, -0.2) is 0 Å². The lowest BCUT2D eigenvalue weighted by atomic mass is 10.1. The minimum absolute atomic E-state index is 0.0353. The van der Waals surface area contributed by atoms with E-state index in [1.165, 1.54) is 11.8 Å². The first-order valence-corrected chi connectivity index (χ1v) is 12.0. The lowest BCUT2D eigenvalue weighted by Gasteiger charge is -2.18. The van der Waals surface area contributed by atoms with Crippen LogP contribution in [0.25, 0.3) is 5.69 Å². The van der Waals surface area contributed by atoms with Gasteiger partial charge < -0.3 is 15.0 Å². The summed E-state index contributed by atoms with van der Waals surface area (Å²) in [7, 11) is 1.65. The third-order valence-corrected chi connectivity index (χ3v) is 6.46. The fourth-order valence-corrected chi connectivity index (χ4v) is 4.60. The molecule has 168 valence electrons. The molecular weight excluding hydrogens is 446 g/mol. The van der Waals surface area contributed by atoms with Crippen LogP contribution in [0, 0.1) is 0 Å². The third-order valence-electron chi connectivity index (χ3n) is 5.30. The number of nitrogens with zero attached hydrogens (tertiary/aromatic N) is 4. The molecule has 0 atom stereocenters. The van der Waals surface area contributed by atoms with Crippen LogP contribution in [-0.4, -0.2) is 53.2 Å². The molecule has 7 nitrogen and oxygen atoms in total. The molecule has 32 heavy (non-hydrogen) atoms. The second-order valence-corrected chi connectivity index (χ2v) is 8.91. The van der Waals surface area contributed by atoms with E-state index in [9.17, 15) is 4.79 Å². The Morgan fingerprint density at radius 3 is 2.66 bits per heavy atom. The van der Waals surface area contributed by atoms with Gasteiger partial charge in [0.05, 0.1) is 18.6 Å². The summed E-state index contributed by atoms with van der Waals surface area (Å²) in [4.78, 5) is 14.7. The third kappa shape index (κ3) is 5.55. The van der Waals surface area contributed by atoms with Crippen molar-refractivity contribution >= 4 is 35.2 Å². The lowest BCUT2D eigenvalue weighted by Crippen LogP contribution is -2.27. The highest BCUT2D eigenvalue weighted by Gasteiger charge is 2.23. The maximum atomic E-state index is 12.4. The van der Waals surface area contributed by atoms with Crippen LogP contribution in [0.4, 0.5) is 5.95 Å². The fourth-order valence-electron chi connectivity index (χ4n) is 3.64. The van der Waals surface area contributed by atoms with Gasteiger partial charge in [0.15, 0.2) is 5.16 Å². The van der Waals surface area contributed by atoms with Crippen molar-refractivity contribution in [3.05, 3.63) is 59.1 Å². The maximum Gasteiger partial charge on any atom is 0.232 e. The first kappa shape index (κ1) is 22.5. The van der Waals surface area contributed by atoms with Crippen molar-refractivity contribution in [3.8, 4) is 11.4 Å². The molecule has 1 aliphatic rings. The van der Waals surface area contributed by atoms with E-state index in [4.69, 9.17) is 16.3 Å². The van der Waals surface area contributed by atoms with Crippen molar-refractivity contribution in [3.63, 3.8) is 0 Å². The van der Waals surface area contributed by atoms with Crippen molar-refractivity contribution < 1.29 is 9.53 Å². The zero-order chi connectivity index (χ0) is 22.3. The number of hydrogen-bond acceptors (Lipinski definition) is 6. The second-order valence-electron chi connectivity index (χ2n) is 7.53. The summed E-state index contributed by atoms with van der Waals surface area (Å²) in [5, 5.41) is 13.1. The molecule has 0 spiro atoms. The predicted molar refractivity (Wildman–Crippen MR) is 128 cm³/mol. The van der Waals surface area contributed by atoms with Crippen molar-refractivity contribution in [1.82, 2.24) is 20.1 Å². The van der Waals surface area contributed by atoms with Gasteiger partial charge in [-0.2, -0.15) is 0 Å². The first-order chi connectivity index (χ1) is 15.6. The number of halogens is 1. The molecule has 0 radical (unpaired) electrons. The Morgan fingerprint density at radius 2 is 1.94 bits per heavy atom. The molecule has 1 saturated heterocycles. The number of hydrogen-bond donors (Lipinski definition) is 1. The lowest BCUT2D eigenvalue weighted by molar-refractivity contribution is -0.118. The summed E-state index contributed by atoms with van der Waals surface area (Å²) in [5.41, 5.74) is 2.04. The number of rotatable bonds is 9. The number of ether oxygens (including phenoxy) is 1. The highest BCUT2D eigenvalue weighted by Crippen LogP contribution is 2.29. The molecule has 3 aromatic rings. The average molecular weight is 472 g/mol. The number of anilines is 1. The molecule has 1 N–H and O–H groups in total. The van der Waals surface area contributed by atoms with Gasteiger partial charge in [0.25, 0.3) is 0 Å². The Labute approximate surface area is 197 Å². The van der Waals surface area contributed by atoms with Crippen molar-refractivity contribution in [2.24, 2.45) is 0 Å². The van der Waals surface area contributed by atoms with E-state index < -0.39 is 0 Å². The van der Waals surface area contributed by atoms with E-state index in [0.29, 0.717) is 16.7 Å². The van der Waals surface area contributed by atoms with Crippen molar-refractivity contribution in [1.29, 1.82) is 0 Å². The van der Waals surface area contributed by atoms with Crippen molar-refractivity contribution in [2.75, 3.05) is 37.4 Å². The molecule has 0 bridgehead atoms. The van der Waals surface area contributed by atoms with E-state index in [1.807, 2.05) is 53.1 Å². The van der Waals surface area contributed by atoms with E-state index in [1.54, 1.807) is 7.11 Å². The normalized spacial score (nSPS) is 13.4. The van der Waals surface area contributed by atoms with Gasteiger partial charge in [0.1, 0.15) is 5.75 Å². The van der Waals surface area contributed by atoms with Gasteiger partial charge in [-0.3, -0.25) is 9.36 Å². The minimum Gasteiger partial charge on any atom is -0.497 e. The molecule has 0 aliphatic carbocycles. The number of methoxy groups -OCH3 is 1. The number of carbonyl (C=O) groups is 1. The van der Waals surface area contributed by atoms with Gasteiger partial charge in [-0.15, -0.1) is 10.2 Å². The first-order valence-electron chi connectivity index (χ1n) is 10.6. The highest BCUT2D eigenvalue weighted by atomic mass is 35.5. The second kappa shape index (κ2) is 10.7. The molecule has 0 unspecified atom stereocenters. The molecule has 1 aliphatic heterocycles. The van der Waals surface area contributed by atoms with Gasteiger partial charge in [0, 0.05) is 24.7 Å². The molecular formula is C23H26ClN5O2S. The maximum absolute atomic E-state index is 12.4. The molecule has 4 rings (SSSR count). The zero-order valence-electron chi connectivity index (χ0n) is 18.0.